The lowest BCUT2D eigenvalue weighted by Crippen LogP contribution is -2.31. The van der Waals surface area contributed by atoms with Crippen LogP contribution in [0.2, 0.25) is 0 Å². The van der Waals surface area contributed by atoms with Gasteiger partial charge in [0, 0.05) is 32.0 Å². The summed E-state index contributed by atoms with van der Waals surface area (Å²) in [5.74, 6) is 1.59. The quantitative estimate of drug-likeness (QED) is 0.445. The molecule has 1 saturated carbocycles. The molecular weight excluding hydrogens is 406 g/mol. The van der Waals surface area contributed by atoms with Crippen molar-refractivity contribution in [2.75, 3.05) is 25.6 Å². The van der Waals surface area contributed by atoms with Gasteiger partial charge in [-0.2, -0.15) is 0 Å². The highest BCUT2D eigenvalue weighted by Crippen LogP contribution is 2.27. The van der Waals surface area contributed by atoms with Crippen LogP contribution in [0.25, 0.3) is 27.9 Å². The summed E-state index contributed by atoms with van der Waals surface area (Å²) in [7, 11) is 3.69. The number of hydrogen-bond acceptors (Lipinski definition) is 7. The summed E-state index contributed by atoms with van der Waals surface area (Å²) in [6, 6.07) is 6.42. The summed E-state index contributed by atoms with van der Waals surface area (Å²) in [6.07, 6.45) is 8.32. The van der Waals surface area contributed by atoms with Crippen LogP contribution in [-0.2, 0) is 16.5 Å². The Balaban J connectivity index is 1.29. The molecule has 32 heavy (non-hydrogen) atoms. The first-order chi connectivity index (χ1) is 15.6. The molecule has 4 aromatic rings. The van der Waals surface area contributed by atoms with Gasteiger partial charge in [0.05, 0.1) is 36.7 Å². The van der Waals surface area contributed by atoms with Crippen molar-refractivity contribution >= 4 is 22.6 Å². The van der Waals surface area contributed by atoms with E-state index in [2.05, 4.69) is 20.4 Å². The Kier molecular flexibility index (Phi) is 5.75. The van der Waals surface area contributed by atoms with Gasteiger partial charge < -0.3 is 19.4 Å². The van der Waals surface area contributed by atoms with Crippen molar-refractivity contribution in [2.24, 2.45) is 7.05 Å². The summed E-state index contributed by atoms with van der Waals surface area (Å²) in [6.45, 7) is 3.30. The Labute approximate surface area is 186 Å². The lowest BCUT2D eigenvalue weighted by Gasteiger charge is -2.29. The minimum absolute atomic E-state index is 0.326. The van der Waals surface area contributed by atoms with Gasteiger partial charge in [-0.1, -0.05) is 0 Å². The van der Waals surface area contributed by atoms with Crippen LogP contribution in [0.1, 0.15) is 31.5 Å². The zero-order chi connectivity index (χ0) is 22.1. The zero-order valence-corrected chi connectivity index (χ0v) is 18.8. The van der Waals surface area contributed by atoms with Crippen molar-refractivity contribution in [3.05, 3.63) is 36.4 Å². The maximum atomic E-state index is 5.86. The van der Waals surface area contributed by atoms with Crippen LogP contribution in [0.3, 0.4) is 0 Å². The first-order valence-corrected chi connectivity index (χ1v) is 11.1. The second kappa shape index (κ2) is 8.84. The lowest BCUT2D eigenvalue weighted by atomic mass is 9.93. The van der Waals surface area contributed by atoms with Crippen LogP contribution >= 0.6 is 0 Å². The van der Waals surface area contributed by atoms with Gasteiger partial charge in [-0.05, 0) is 50.8 Å². The molecule has 4 heterocycles. The molecule has 168 valence electrons. The van der Waals surface area contributed by atoms with Crippen LogP contribution in [0.5, 0.6) is 0 Å². The van der Waals surface area contributed by atoms with E-state index in [0.717, 1.165) is 59.4 Å². The van der Waals surface area contributed by atoms with Gasteiger partial charge in [-0.25, -0.2) is 19.5 Å². The largest absolute Gasteiger partial charge is 0.382 e. The molecule has 1 aliphatic carbocycles. The average Bonchev–Trinajstić information content (AvgIpc) is 3.35. The fourth-order valence-corrected chi connectivity index (χ4v) is 4.37. The molecule has 1 aliphatic rings. The molecule has 0 saturated heterocycles. The van der Waals surface area contributed by atoms with E-state index in [9.17, 15) is 0 Å². The van der Waals surface area contributed by atoms with E-state index in [-0.39, 0.29) is 0 Å². The molecule has 5 rings (SSSR count). The molecule has 0 aromatic carbocycles. The van der Waals surface area contributed by atoms with Crippen molar-refractivity contribution in [3.63, 3.8) is 0 Å². The van der Waals surface area contributed by atoms with Crippen LogP contribution in [-0.4, -0.2) is 61.6 Å². The summed E-state index contributed by atoms with van der Waals surface area (Å²) in [5, 5.41) is 8.17. The van der Waals surface area contributed by atoms with E-state index in [1.807, 2.05) is 53.6 Å². The number of anilines is 1. The second-order valence-corrected chi connectivity index (χ2v) is 8.38. The van der Waals surface area contributed by atoms with Crippen LogP contribution < -0.4 is 5.32 Å². The highest BCUT2D eigenvalue weighted by molar-refractivity contribution is 5.82. The number of aryl methyl sites for hydroxylation is 2. The maximum Gasteiger partial charge on any atom is 0.241 e. The zero-order valence-electron chi connectivity index (χ0n) is 18.8. The fraction of sp³-hybridized carbons (Fsp3) is 0.478. The molecule has 0 unspecified atom stereocenters. The van der Waals surface area contributed by atoms with E-state index in [1.54, 1.807) is 7.11 Å². The summed E-state index contributed by atoms with van der Waals surface area (Å²) >= 11 is 0. The van der Waals surface area contributed by atoms with Gasteiger partial charge in [0.1, 0.15) is 11.3 Å². The van der Waals surface area contributed by atoms with Gasteiger partial charge in [0.15, 0.2) is 5.65 Å². The standard InChI is InChI=1S/C23H29N7O2/c1-15-25-20-9-8-19(27-22(20)29(15)2)18-10-11-30-21(18)14-24-23(28-30)26-16-4-6-17(7-5-16)32-13-12-31-3/h8-11,14,16-17H,4-7,12-13H2,1-3H3,(H,26,28)/t16-,17-. The number of hydrogen-bond donors (Lipinski definition) is 1. The predicted molar refractivity (Wildman–Crippen MR) is 123 cm³/mol. The van der Waals surface area contributed by atoms with Crippen molar-refractivity contribution in [1.82, 2.24) is 29.1 Å². The molecule has 0 radical (unpaired) electrons. The molecule has 1 fully saturated rings. The monoisotopic (exact) mass is 435 g/mol. The summed E-state index contributed by atoms with van der Waals surface area (Å²) in [5.41, 5.74) is 4.60. The Bertz CT molecular complexity index is 1220. The van der Waals surface area contributed by atoms with Gasteiger partial charge in [0.2, 0.25) is 5.95 Å². The van der Waals surface area contributed by atoms with Gasteiger partial charge in [-0.3, -0.25) is 0 Å². The lowest BCUT2D eigenvalue weighted by molar-refractivity contribution is -0.00158. The van der Waals surface area contributed by atoms with E-state index in [1.165, 1.54) is 0 Å². The number of nitrogens with one attached hydrogen (secondary N) is 1. The van der Waals surface area contributed by atoms with E-state index >= 15 is 0 Å². The van der Waals surface area contributed by atoms with E-state index in [0.29, 0.717) is 31.3 Å². The Morgan fingerprint density at radius 1 is 1.09 bits per heavy atom. The summed E-state index contributed by atoms with van der Waals surface area (Å²) < 4.78 is 14.8. The minimum Gasteiger partial charge on any atom is -0.382 e. The summed E-state index contributed by atoms with van der Waals surface area (Å²) in [4.78, 5) is 14.0. The second-order valence-electron chi connectivity index (χ2n) is 8.38. The van der Waals surface area contributed by atoms with Crippen molar-refractivity contribution < 1.29 is 9.47 Å². The fourth-order valence-electron chi connectivity index (χ4n) is 4.37. The smallest absolute Gasteiger partial charge is 0.241 e. The molecule has 1 N–H and O–H groups in total. The predicted octanol–water partition coefficient (Wildman–Crippen LogP) is 3.37. The first kappa shape index (κ1) is 20.8. The highest BCUT2D eigenvalue weighted by Gasteiger charge is 2.22. The Morgan fingerprint density at radius 2 is 1.94 bits per heavy atom. The minimum atomic E-state index is 0.326. The molecule has 0 atom stereocenters. The first-order valence-electron chi connectivity index (χ1n) is 11.1. The van der Waals surface area contributed by atoms with Crippen LogP contribution in [0, 0.1) is 6.92 Å². The number of fused-ring (bicyclic) bond motifs is 2. The Morgan fingerprint density at radius 3 is 2.75 bits per heavy atom. The van der Waals surface area contributed by atoms with Crippen molar-refractivity contribution in [2.45, 2.75) is 44.8 Å². The number of pyridine rings is 1. The third-order valence-corrected chi connectivity index (χ3v) is 6.28. The van der Waals surface area contributed by atoms with E-state index < -0.39 is 0 Å². The molecular formula is C23H29N7O2. The third kappa shape index (κ3) is 4.05. The van der Waals surface area contributed by atoms with Gasteiger partial charge in [0.25, 0.3) is 0 Å². The SMILES string of the molecule is COCCO[C@H]1CC[C@H](Nc2ncc3c(-c4ccc5nc(C)n(C)c5n4)ccn3n2)CC1. The molecule has 9 heteroatoms. The number of nitrogens with zero attached hydrogens (tertiary/aromatic N) is 6. The Hall–Kier alpha value is -3.04. The number of methoxy groups -OCH3 is 1. The van der Waals surface area contributed by atoms with Crippen molar-refractivity contribution in [3.8, 4) is 11.3 Å². The maximum absolute atomic E-state index is 5.86. The number of ether oxygens (including phenoxy) is 2. The van der Waals surface area contributed by atoms with E-state index in [4.69, 9.17) is 14.5 Å². The van der Waals surface area contributed by atoms with Gasteiger partial charge >= 0.3 is 0 Å². The number of aromatic nitrogens is 6. The number of imidazole rings is 1. The van der Waals surface area contributed by atoms with Crippen LogP contribution in [0.15, 0.2) is 30.6 Å². The molecule has 0 spiro atoms. The normalized spacial score (nSPS) is 19.1. The third-order valence-electron chi connectivity index (χ3n) is 6.28. The topological polar surface area (TPSA) is 91.4 Å². The molecule has 0 amide bonds. The van der Waals surface area contributed by atoms with Crippen LogP contribution in [0.4, 0.5) is 5.95 Å². The highest BCUT2D eigenvalue weighted by atomic mass is 16.5. The molecule has 4 aromatic heterocycles. The molecule has 9 nitrogen and oxygen atoms in total. The number of rotatable bonds is 7. The van der Waals surface area contributed by atoms with Crippen molar-refractivity contribution in [1.29, 1.82) is 0 Å². The average molecular weight is 436 g/mol. The molecule has 0 aliphatic heterocycles. The molecule has 0 bridgehead atoms. The van der Waals surface area contributed by atoms with Gasteiger partial charge in [-0.15, -0.1) is 5.10 Å².